The molecule has 17 heavy (non-hydrogen) atoms. The number of rotatable bonds is 4. The molecule has 1 saturated heterocycles. The van der Waals surface area contributed by atoms with Crippen molar-refractivity contribution in [1.82, 2.24) is 15.2 Å². The van der Waals surface area contributed by atoms with Gasteiger partial charge in [0.05, 0.1) is 11.7 Å². The van der Waals surface area contributed by atoms with Crippen molar-refractivity contribution in [3.63, 3.8) is 0 Å². The molecule has 4 heteroatoms. The molecule has 94 valence electrons. The van der Waals surface area contributed by atoms with Gasteiger partial charge in [0.25, 0.3) is 0 Å². The molecule has 0 spiro atoms. The molecule has 1 fully saturated rings. The summed E-state index contributed by atoms with van der Waals surface area (Å²) >= 11 is 3.44. The van der Waals surface area contributed by atoms with Gasteiger partial charge in [0, 0.05) is 10.7 Å². The molecule has 0 bridgehead atoms. The van der Waals surface area contributed by atoms with Gasteiger partial charge in [-0.1, -0.05) is 6.92 Å². The molecule has 3 nitrogen and oxygen atoms in total. The average Bonchev–Trinajstić information content (AvgIpc) is 2.74. The van der Waals surface area contributed by atoms with Crippen LogP contribution in [0.25, 0.3) is 0 Å². The normalized spacial score (nSPS) is 25.4. The number of hydrogen-bond donors (Lipinski definition) is 1. The van der Waals surface area contributed by atoms with Crippen molar-refractivity contribution < 1.29 is 0 Å². The summed E-state index contributed by atoms with van der Waals surface area (Å²) in [5.74, 6) is 0.675. The molecule has 0 aliphatic carbocycles. The Morgan fingerprint density at radius 3 is 2.94 bits per heavy atom. The Morgan fingerprint density at radius 2 is 2.35 bits per heavy atom. The Bertz CT molecular complexity index is 352. The zero-order chi connectivity index (χ0) is 12.3. The highest BCUT2D eigenvalue weighted by atomic mass is 79.9. The third kappa shape index (κ3) is 2.87. The maximum Gasteiger partial charge on any atom is 0.0579 e. The molecule has 1 aromatic heterocycles. The van der Waals surface area contributed by atoms with Gasteiger partial charge >= 0.3 is 0 Å². The van der Waals surface area contributed by atoms with Gasteiger partial charge in [-0.2, -0.15) is 0 Å². The summed E-state index contributed by atoms with van der Waals surface area (Å²) in [5, 5.41) is 3.30. The lowest BCUT2D eigenvalue weighted by Crippen LogP contribution is -2.29. The number of halogens is 1. The summed E-state index contributed by atoms with van der Waals surface area (Å²) in [5.41, 5.74) is 1.20. The minimum Gasteiger partial charge on any atom is -0.319 e. The maximum atomic E-state index is 4.57. The molecule has 1 aliphatic heterocycles. The molecule has 2 atom stereocenters. The van der Waals surface area contributed by atoms with Crippen LogP contribution in [-0.2, 0) is 0 Å². The Kier molecular flexibility index (Phi) is 4.54. The van der Waals surface area contributed by atoms with E-state index in [-0.39, 0.29) is 0 Å². The number of nitrogens with zero attached hydrogens (tertiary/aromatic N) is 2. The molecular weight excluding hydrogens is 278 g/mol. The molecule has 2 unspecified atom stereocenters. The first-order valence-corrected chi connectivity index (χ1v) is 7.05. The monoisotopic (exact) mass is 297 g/mol. The van der Waals surface area contributed by atoms with E-state index >= 15 is 0 Å². The van der Waals surface area contributed by atoms with Crippen LogP contribution in [0.1, 0.15) is 25.1 Å². The number of pyridine rings is 1. The fraction of sp³-hybridized carbons (Fsp3) is 0.615. The van der Waals surface area contributed by atoms with Gasteiger partial charge in [-0.3, -0.25) is 9.88 Å². The predicted octanol–water partition coefficient (Wildman–Crippen LogP) is 2.45. The fourth-order valence-corrected chi connectivity index (χ4v) is 2.98. The Hall–Kier alpha value is -0.450. The molecule has 1 aliphatic rings. The molecule has 0 aromatic carbocycles. The number of likely N-dealkylation sites (tertiary alicyclic amines) is 1. The van der Waals surface area contributed by atoms with E-state index in [1.165, 1.54) is 18.7 Å². The lowest BCUT2D eigenvalue weighted by Gasteiger charge is -2.26. The van der Waals surface area contributed by atoms with Crippen LogP contribution in [0.2, 0.25) is 0 Å². The lowest BCUT2D eigenvalue weighted by atomic mass is 9.97. The molecule has 1 N–H and O–H groups in total. The van der Waals surface area contributed by atoms with Crippen molar-refractivity contribution in [2.75, 3.05) is 26.7 Å². The highest BCUT2D eigenvalue weighted by molar-refractivity contribution is 9.10. The number of nitrogens with one attached hydrogen (secondary N) is 1. The summed E-state index contributed by atoms with van der Waals surface area (Å²) in [6.07, 6.45) is 3.16. The van der Waals surface area contributed by atoms with Gasteiger partial charge in [-0.15, -0.1) is 0 Å². The first kappa shape index (κ1) is 13.0. The smallest absolute Gasteiger partial charge is 0.0579 e. The third-order valence-corrected chi connectivity index (χ3v) is 4.02. The quantitative estimate of drug-likeness (QED) is 0.925. The van der Waals surface area contributed by atoms with E-state index in [0.717, 1.165) is 17.6 Å². The largest absolute Gasteiger partial charge is 0.319 e. The second-order valence-electron chi connectivity index (χ2n) is 4.58. The highest BCUT2D eigenvalue weighted by Crippen LogP contribution is 2.35. The standard InChI is InChI=1S/C13H20BrN3/c1-3-17-7-6-10(8-15-2)13(17)12-5-4-11(14)9-16-12/h4-5,9-10,13,15H,3,6-8H2,1-2H3. The summed E-state index contributed by atoms with van der Waals surface area (Å²) < 4.78 is 1.05. The van der Waals surface area contributed by atoms with E-state index in [2.05, 4.69) is 50.2 Å². The molecule has 0 amide bonds. The van der Waals surface area contributed by atoms with Crippen LogP contribution in [0, 0.1) is 5.92 Å². The van der Waals surface area contributed by atoms with Gasteiger partial charge in [-0.05, 0) is 67.1 Å². The molecule has 2 rings (SSSR count). The second kappa shape index (κ2) is 5.94. The topological polar surface area (TPSA) is 28.2 Å². The third-order valence-electron chi connectivity index (χ3n) is 3.55. The number of aromatic nitrogens is 1. The molecule has 1 aromatic rings. The van der Waals surface area contributed by atoms with Crippen molar-refractivity contribution in [2.24, 2.45) is 5.92 Å². The van der Waals surface area contributed by atoms with Gasteiger partial charge in [0.2, 0.25) is 0 Å². The van der Waals surface area contributed by atoms with E-state index in [0.29, 0.717) is 12.0 Å². The van der Waals surface area contributed by atoms with E-state index < -0.39 is 0 Å². The van der Waals surface area contributed by atoms with Crippen molar-refractivity contribution >= 4 is 15.9 Å². The first-order valence-electron chi connectivity index (χ1n) is 6.26. The van der Waals surface area contributed by atoms with Gasteiger partial charge in [-0.25, -0.2) is 0 Å². The summed E-state index contributed by atoms with van der Waals surface area (Å²) in [4.78, 5) is 7.10. The molecule has 0 saturated carbocycles. The Balaban J connectivity index is 2.21. The zero-order valence-electron chi connectivity index (χ0n) is 10.5. The van der Waals surface area contributed by atoms with E-state index in [4.69, 9.17) is 0 Å². The SMILES string of the molecule is CCN1CCC(CNC)C1c1ccc(Br)cn1. The second-order valence-corrected chi connectivity index (χ2v) is 5.50. The average molecular weight is 298 g/mol. The van der Waals surface area contributed by atoms with Crippen LogP contribution in [-0.4, -0.2) is 36.6 Å². The van der Waals surface area contributed by atoms with Crippen LogP contribution in [0.3, 0.4) is 0 Å². The van der Waals surface area contributed by atoms with Gasteiger partial charge in [0.15, 0.2) is 0 Å². The summed E-state index contributed by atoms with van der Waals surface area (Å²) in [7, 11) is 2.03. The molecule has 0 radical (unpaired) electrons. The van der Waals surface area contributed by atoms with E-state index in [1.54, 1.807) is 0 Å². The first-order chi connectivity index (χ1) is 8.26. The lowest BCUT2D eigenvalue weighted by molar-refractivity contribution is 0.233. The van der Waals surface area contributed by atoms with Crippen LogP contribution in [0.15, 0.2) is 22.8 Å². The van der Waals surface area contributed by atoms with Crippen LogP contribution in [0.4, 0.5) is 0 Å². The zero-order valence-corrected chi connectivity index (χ0v) is 12.1. The predicted molar refractivity (Wildman–Crippen MR) is 74.0 cm³/mol. The fourth-order valence-electron chi connectivity index (χ4n) is 2.75. The van der Waals surface area contributed by atoms with E-state index in [9.17, 15) is 0 Å². The molecular formula is C13H20BrN3. The highest BCUT2D eigenvalue weighted by Gasteiger charge is 2.34. The van der Waals surface area contributed by atoms with Crippen LogP contribution < -0.4 is 5.32 Å². The summed E-state index contributed by atoms with van der Waals surface area (Å²) in [6.45, 7) is 5.58. The van der Waals surface area contributed by atoms with Crippen molar-refractivity contribution in [3.05, 3.63) is 28.5 Å². The van der Waals surface area contributed by atoms with Crippen LogP contribution in [0.5, 0.6) is 0 Å². The Labute approximate surface area is 112 Å². The molecule has 2 heterocycles. The van der Waals surface area contributed by atoms with Crippen LogP contribution >= 0.6 is 15.9 Å². The Morgan fingerprint density at radius 1 is 1.53 bits per heavy atom. The van der Waals surface area contributed by atoms with Gasteiger partial charge < -0.3 is 5.32 Å². The minimum atomic E-state index is 0.473. The number of hydrogen-bond acceptors (Lipinski definition) is 3. The van der Waals surface area contributed by atoms with Gasteiger partial charge in [0.1, 0.15) is 0 Å². The van der Waals surface area contributed by atoms with Crippen molar-refractivity contribution in [1.29, 1.82) is 0 Å². The maximum absolute atomic E-state index is 4.57. The summed E-state index contributed by atoms with van der Waals surface area (Å²) in [6, 6.07) is 4.71. The minimum absolute atomic E-state index is 0.473. The van der Waals surface area contributed by atoms with E-state index in [1.807, 2.05) is 13.2 Å². The van der Waals surface area contributed by atoms with Crippen molar-refractivity contribution in [3.8, 4) is 0 Å². The van der Waals surface area contributed by atoms with Crippen molar-refractivity contribution in [2.45, 2.75) is 19.4 Å².